The van der Waals surface area contributed by atoms with E-state index in [0.29, 0.717) is 0 Å². The third-order valence-corrected chi connectivity index (χ3v) is 3.47. The largest absolute Gasteiger partial charge is 0.342 e. The maximum absolute atomic E-state index is 11.1. The molecule has 0 fully saturated rings. The van der Waals surface area contributed by atoms with Crippen LogP contribution >= 0.6 is 0 Å². The molecule has 2 aromatic rings. The second kappa shape index (κ2) is 6.37. The minimum absolute atomic E-state index is 0.788. The summed E-state index contributed by atoms with van der Waals surface area (Å²) in [6.45, 7) is 5.20. The zero-order valence-corrected chi connectivity index (χ0v) is 11.7. The molecule has 0 N–H and O–H groups in total. The Hall–Kier alpha value is -1.83. The van der Waals surface area contributed by atoms with Gasteiger partial charge in [0.15, 0.2) is 6.29 Å². The molecular formula is C17H21NO. The number of unbranched alkanes of at least 4 members (excludes halogenated alkanes) is 1. The summed E-state index contributed by atoms with van der Waals surface area (Å²) >= 11 is 0. The Morgan fingerprint density at radius 1 is 1.11 bits per heavy atom. The van der Waals surface area contributed by atoms with Crippen molar-refractivity contribution in [3.05, 3.63) is 58.9 Å². The quantitative estimate of drug-likeness (QED) is 0.715. The van der Waals surface area contributed by atoms with Gasteiger partial charge in [-0.05, 0) is 31.0 Å². The lowest BCUT2D eigenvalue weighted by molar-refractivity contribution is 0.111. The number of hydrogen-bond acceptors (Lipinski definition) is 1. The highest BCUT2D eigenvalue weighted by Gasteiger charge is 2.07. The van der Waals surface area contributed by atoms with Gasteiger partial charge in [0.1, 0.15) is 0 Å². The van der Waals surface area contributed by atoms with Gasteiger partial charge in [-0.25, -0.2) is 0 Å². The number of hydrogen-bond donors (Lipinski definition) is 0. The lowest BCUT2D eigenvalue weighted by Crippen LogP contribution is -2.07. The molecule has 1 aromatic heterocycles. The maximum Gasteiger partial charge on any atom is 0.166 e. The number of aryl methyl sites for hydroxylation is 1. The predicted molar refractivity (Wildman–Crippen MR) is 78.7 cm³/mol. The number of aldehydes is 1. The summed E-state index contributed by atoms with van der Waals surface area (Å²) in [5, 5.41) is 0. The first-order valence-electron chi connectivity index (χ1n) is 6.93. The second-order valence-electron chi connectivity index (χ2n) is 5.03. The van der Waals surface area contributed by atoms with Gasteiger partial charge in [0.05, 0.1) is 5.69 Å². The van der Waals surface area contributed by atoms with E-state index in [2.05, 4.69) is 48.7 Å². The Morgan fingerprint density at radius 3 is 2.47 bits per heavy atom. The van der Waals surface area contributed by atoms with Crippen LogP contribution in [0.3, 0.4) is 0 Å². The molecule has 0 amide bonds. The van der Waals surface area contributed by atoms with Crippen molar-refractivity contribution in [2.45, 2.75) is 39.7 Å². The van der Waals surface area contributed by atoms with Gasteiger partial charge in [-0.1, -0.05) is 43.2 Å². The number of aromatic nitrogens is 1. The summed E-state index contributed by atoms with van der Waals surface area (Å²) < 4.78 is 2.15. The molecule has 0 unspecified atom stereocenters. The molecule has 0 saturated carbocycles. The third kappa shape index (κ3) is 3.34. The fourth-order valence-corrected chi connectivity index (χ4v) is 2.29. The van der Waals surface area contributed by atoms with Crippen LogP contribution in [0.1, 0.15) is 47.1 Å². The zero-order valence-electron chi connectivity index (χ0n) is 11.7. The van der Waals surface area contributed by atoms with Gasteiger partial charge in [-0.2, -0.15) is 0 Å². The minimum atomic E-state index is 0.788. The SMILES string of the molecule is CCCCn1c(C=O)ccc1Cc1ccc(C)cc1. The molecule has 0 aliphatic rings. The van der Waals surface area contributed by atoms with E-state index in [1.54, 1.807) is 0 Å². The van der Waals surface area contributed by atoms with Crippen molar-refractivity contribution in [3.8, 4) is 0 Å². The molecule has 0 spiro atoms. The third-order valence-electron chi connectivity index (χ3n) is 3.47. The van der Waals surface area contributed by atoms with Gasteiger partial charge >= 0.3 is 0 Å². The Bertz CT molecular complexity index is 537. The van der Waals surface area contributed by atoms with E-state index in [0.717, 1.165) is 37.8 Å². The average Bonchev–Trinajstić information content (AvgIpc) is 2.81. The maximum atomic E-state index is 11.1. The Morgan fingerprint density at radius 2 is 1.84 bits per heavy atom. The summed E-state index contributed by atoms with van der Waals surface area (Å²) in [5.74, 6) is 0. The lowest BCUT2D eigenvalue weighted by atomic mass is 10.1. The van der Waals surface area contributed by atoms with Crippen molar-refractivity contribution in [2.75, 3.05) is 0 Å². The molecule has 2 heteroatoms. The molecule has 2 nitrogen and oxygen atoms in total. The van der Waals surface area contributed by atoms with E-state index in [-0.39, 0.29) is 0 Å². The fraction of sp³-hybridized carbons (Fsp3) is 0.353. The molecule has 0 aliphatic heterocycles. The highest BCUT2D eigenvalue weighted by atomic mass is 16.1. The highest BCUT2D eigenvalue weighted by Crippen LogP contribution is 2.15. The molecule has 1 aromatic carbocycles. The zero-order chi connectivity index (χ0) is 13.7. The van der Waals surface area contributed by atoms with Gasteiger partial charge in [-0.15, -0.1) is 0 Å². The van der Waals surface area contributed by atoms with Gasteiger partial charge in [0.2, 0.25) is 0 Å². The summed E-state index contributed by atoms with van der Waals surface area (Å²) in [6, 6.07) is 12.6. The van der Waals surface area contributed by atoms with Crippen molar-refractivity contribution in [2.24, 2.45) is 0 Å². The van der Waals surface area contributed by atoms with Crippen LogP contribution in [0.5, 0.6) is 0 Å². The Labute approximate surface area is 115 Å². The van der Waals surface area contributed by atoms with Gasteiger partial charge in [-0.3, -0.25) is 4.79 Å². The summed E-state index contributed by atoms with van der Waals surface area (Å²) in [5.41, 5.74) is 4.58. The number of carbonyl (C=O) groups excluding carboxylic acids is 1. The Balaban J connectivity index is 2.21. The smallest absolute Gasteiger partial charge is 0.166 e. The topological polar surface area (TPSA) is 22.0 Å². The van der Waals surface area contributed by atoms with Crippen LogP contribution in [-0.2, 0) is 13.0 Å². The molecule has 0 bridgehead atoms. The van der Waals surface area contributed by atoms with Gasteiger partial charge in [0.25, 0.3) is 0 Å². The molecule has 0 aliphatic carbocycles. The fourth-order valence-electron chi connectivity index (χ4n) is 2.29. The second-order valence-corrected chi connectivity index (χ2v) is 5.03. The molecule has 19 heavy (non-hydrogen) atoms. The molecular weight excluding hydrogens is 234 g/mol. The number of carbonyl (C=O) groups is 1. The van der Waals surface area contributed by atoms with Crippen LogP contribution in [-0.4, -0.2) is 10.9 Å². The van der Waals surface area contributed by atoms with E-state index in [9.17, 15) is 4.79 Å². The van der Waals surface area contributed by atoms with Crippen LogP contribution in [0.2, 0.25) is 0 Å². The Kier molecular flexibility index (Phi) is 4.56. The average molecular weight is 255 g/mol. The minimum Gasteiger partial charge on any atom is -0.342 e. The van der Waals surface area contributed by atoms with Crippen LogP contribution in [0.15, 0.2) is 36.4 Å². The first-order chi connectivity index (χ1) is 9.24. The first-order valence-corrected chi connectivity index (χ1v) is 6.93. The molecule has 2 rings (SSSR count). The van der Waals surface area contributed by atoms with Crippen molar-refractivity contribution < 1.29 is 4.79 Å². The molecule has 0 radical (unpaired) electrons. The van der Waals surface area contributed by atoms with E-state index in [4.69, 9.17) is 0 Å². The highest BCUT2D eigenvalue weighted by molar-refractivity contribution is 5.72. The number of nitrogens with zero attached hydrogens (tertiary/aromatic N) is 1. The van der Waals surface area contributed by atoms with E-state index in [1.807, 2.05) is 6.07 Å². The summed E-state index contributed by atoms with van der Waals surface area (Å²) in [4.78, 5) is 11.1. The van der Waals surface area contributed by atoms with Crippen LogP contribution in [0, 0.1) is 6.92 Å². The number of rotatable bonds is 6. The van der Waals surface area contributed by atoms with E-state index < -0.39 is 0 Å². The van der Waals surface area contributed by atoms with Crippen molar-refractivity contribution >= 4 is 6.29 Å². The van der Waals surface area contributed by atoms with Crippen molar-refractivity contribution in [1.29, 1.82) is 0 Å². The molecule has 0 saturated heterocycles. The van der Waals surface area contributed by atoms with Gasteiger partial charge in [0, 0.05) is 18.7 Å². The van der Waals surface area contributed by atoms with Crippen LogP contribution in [0.4, 0.5) is 0 Å². The van der Waals surface area contributed by atoms with Crippen molar-refractivity contribution in [1.82, 2.24) is 4.57 Å². The van der Waals surface area contributed by atoms with Crippen LogP contribution < -0.4 is 0 Å². The normalized spacial score (nSPS) is 10.6. The van der Waals surface area contributed by atoms with Gasteiger partial charge < -0.3 is 4.57 Å². The van der Waals surface area contributed by atoms with Crippen LogP contribution in [0.25, 0.3) is 0 Å². The molecule has 1 heterocycles. The molecule has 0 atom stereocenters. The van der Waals surface area contributed by atoms with E-state index in [1.165, 1.54) is 16.8 Å². The molecule has 100 valence electrons. The van der Waals surface area contributed by atoms with Crippen molar-refractivity contribution in [3.63, 3.8) is 0 Å². The standard InChI is InChI=1S/C17H21NO/c1-3-4-11-18-16(9-10-17(18)13-19)12-15-7-5-14(2)6-8-15/h5-10,13H,3-4,11-12H2,1-2H3. The lowest BCUT2D eigenvalue weighted by Gasteiger charge is -2.11. The number of benzene rings is 1. The predicted octanol–water partition coefficient (Wildman–Crippen LogP) is 4.00. The summed E-state index contributed by atoms with van der Waals surface area (Å²) in [7, 11) is 0. The van der Waals surface area contributed by atoms with E-state index >= 15 is 0 Å². The first kappa shape index (κ1) is 13.6. The monoisotopic (exact) mass is 255 g/mol. The summed E-state index contributed by atoms with van der Waals surface area (Å²) in [6.07, 6.45) is 4.09.